The lowest BCUT2D eigenvalue weighted by Crippen LogP contribution is -2.17. The van der Waals surface area contributed by atoms with Crippen molar-refractivity contribution < 1.29 is 9.47 Å². The van der Waals surface area contributed by atoms with Gasteiger partial charge in [-0.1, -0.05) is 20.8 Å². The Morgan fingerprint density at radius 3 is 2.18 bits per heavy atom. The molecule has 0 aromatic heterocycles. The Morgan fingerprint density at radius 2 is 1.82 bits per heavy atom. The molecule has 2 fully saturated rings. The predicted molar refractivity (Wildman–Crippen MR) is 42.2 cm³/mol. The number of ether oxygens (including phenoxy) is 2. The minimum Gasteiger partial charge on any atom is -0.347 e. The average Bonchev–Trinajstić information content (AvgIpc) is 2.36. The van der Waals surface area contributed by atoms with Crippen molar-refractivity contribution in [3.05, 3.63) is 0 Å². The van der Waals surface area contributed by atoms with Crippen molar-refractivity contribution in [1.82, 2.24) is 0 Å². The highest BCUT2D eigenvalue weighted by atomic mass is 16.8. The van der Waals surface area contributed by atoms with E-state index in [9.17, 15) is 0 Å². The summed E-state index contributed by atoms with van der Waals surface area (Å²) in [6.45, 7) is 8.21. The van der Waals surface area contributed by atoms with Gasteiger partial charge in [0.2, 0.25) is 0 Å². The molecule has 0 N–H and O–H groups in total. The monoisotopic (exact) mass is 156 g/mol. The van der Waals surface area contributed by atoms with Crippen LogP contribution in [0.2, 0.25) is 0 Å². The molecular formula is C9H16O2. The van der Waals surface area contributed by atoms with Crippen LogP contribution in [0.5, 0.6) is 0 Å². The SMILES string of the molecule is CCC1C(C)(C)C12OCCO2. The van der Waals surface area contributed by atoms with Crippen molar-refractivity contribution in [2.75, 3.05) is 13.2 Å². The first-order chi connectivity index (χ1) is 5.15. The summed E-state index contributed by atoms with van der Waals surface area (Å²) in [6.07, 6.45) is 1.16. The smallest absolute Gasteiger partial charge is 0.177 e. The van der Waals surface area contributed by atoms with Crippen molar-refractivity contribution in [3.8, 4) is 0 Å². The molecule has 2 heteroatoms. The van der Waals surface area contributed by atoms with Crippen LogP contribution in [0.15, 0.2) is 0 Å². The van der Waals surface area contributed by atoms with Gasteiger partial charge in [0.25, 0.3) is 0 Å². The highest BCUT2D eigenvalue weighted by Gasteiger charge is 2.74. The molecule has 2 nitrogen and oxygen atoms in total. The zero-order valence-electron chi connectivity index (χ0n) is 7.52. The molecule has 0 amide bonds. The molecule has 1 saturated carbocycles. The standard InChI is InChI=1S/C9H16O2/c1-4-7-8(2,3)9(7)10-5-6-11-9/h7H,4-6H2,1-3H3. The predicted octanol–water partition coefficient (Wildman–Crippen LogP) is 1.80. The Balaban J connectivity index is 2.17. The third-order valence-corrected chi connectivity index (χ3v) is 3.27. The van der Waals surface area contributed by atoms with Crippen molar-refractivity contribution in [3.63, 3.8) is 0 Å². The van der Waals surface area contributed by atoms with Gasteiger partial charge >= 0.3 is 0 Å². The van der Waals surface area contributed by atoms with Crippen LogP contribution in [-0.4, -0.2) is 19.0 Å². The molecule has 0 bridgehead atoms. The zero-order valence-corrected chi connectivity index (χ0v) is 7.52. The van der Waals surface area contributed by atoms with E-state index in [0.717, 1.165) is 19.6 Å². The lowest BCUT2D eigenvalue weighted by atomic mass is 10.1. The summed E-state index contributed by atoms with van der Waals surface area (Å²) in [7, 11) is 0. The van der Waals surface area contributed by atoms with Gasteiger partial charge in [-0.3, -0.25) is 0 Å². The highest BCUT2D eigenvalue weighted by molar-refractivity contribution is 5.15. The van der Waals surface area contributed by atoms with E-state index < -0.39 is 0 Å². The second-order valence-electron chi connectivity index (χ2n) is 4.05. The van der Waals surface area contributed by atoms with Crippen LogP contribution in [0.4, 0.5) is 0 Å². The molecule has 1 atom stereocenters. The van der Waals surface area contributed by atoms with E-state index >= 15 is 0 Å². The van der Waals surface area contributed by atoms with Crippen molar-refractivity contribution >= 4 is 0 Å². The summed E-state index contributed by atoms with van der Waals surface area (Å²) < 4.78 is 11.3. The molecule has 0 radical (unpaired) electrons. The van der Waals surface area contributed by atoms with E-state index in [1.54, 1.807) is 0 Å². The van der Waals surface area contributed by atoms with E-state index in [4.69, 9.17) is 9.47 Å². The summed E-state index contributed by atoms with van der Waals surface area (Å²) >= 11 is 0. The Morgan fingerprint density at radius 1 is 1.27 bits per heavy atom. The summed E-state index contributed by atoms with van der Waals surface area (Å²) in [5.74, 6) is 0.416. The van der Waals surface area contributed by atoms with E-state index in [0.29, 0.717) is 5.92 Å². The van der Waals surface area contributed by atoms with Gasteiger partial charge in [0.1, 0.15) is 0 Å². The van der Waals surface area contributed by atoms with Crippen LogP contribution in [0.3, 0.4) is 0 Å². The van der Waals surface area contributed by atoms with E-state index in [1.165, 1.54) is 0 Å². The van der Waals surface area contributed by atoms with E-state index in [-0.39, 0.29) is 11.2 Å². The summed E-state index contributed by atoms with van der Waals surface area (Å²) in [5, 5.41) is 0. The highest BCUT2D eigenvalue weighted by Crippen LogP contribution is 2.67. The molecule has 1 aliphatic carbocycles. The average molecular weight is 156 g/mol. The Bertz CT molecular complexity index is 168. The summed E-state index contributed by atoms with van der Waals surface area (Å²) in [6, 6.07) is 0. The first-order valence-corrected chi connectivity index (χ1v) is 4.43. The van der Waals surface area contributed by atoms with Gasteiger partial charge in [-0.2, -0.15) is 0 Å². The molecule has 0 aromatic carbocycles. The molecule has 1 aliphatic heterocycles. The van der Waals surface area contributed by atoms with E-state index in [1.807, 2.05) is 0 Å². The molecule has 11 heavy (non-hydrogen) atoms. The fraction of sp³-hybridized carbons (Fsp3) is 1.00. The molecule has 2 aliphatic rings. The van der Waals surface area contributed by atoms with Crippen LogP contribution >= 0.6 is 0 Å². The maximum Gasteiger partial charge on any atom is 0.177 e. The maximum atomic E-state index is 5.65. The van der Waals surface area contributed by atoms with Crippen LogP contribution in [-0.2, 0) is 9.47 Å². The van der Waals surface area contributed by atoms with Crippen molar-refractivity contribution in [1.29, 1.82) is 0 Å². The fourth-order valence-electron chi connectivity index (χ4n) is 2.57. The van der Waals surface area contributed by atoms with Gasteiger partial charge in [0.05, 0.1) is 13.2 Å². The molecule has 64 valence electrons. The lowest BCUT2D eigenvalue weighted by Gasteiger charge is -2.10. The van der Waals surface area contributed by atoms with Gasteiger partial charge < -0.3 is 9.47 Å². The lowest BCUT2D eigenvalue weighted by molar-refractivity contribution is -0.104. The van der Waals surface area contributed by atoms with Crippen LogP contribution in [0.1, 0.15) is 27.2 Å². The second-order valence-corrected chi connectivity index (χ2v) is 4.05. The molecule has 1 unspecified atom stereocenters. The van der Waals surface area contributed by atoms with Gasteiger partial charge in [-0.25, -0.2) is 0 Å². The Labute approximate surface area is 67.9 Å². The van der Waals surface area contributed by atoms with Crippen molar-refractivity contribution in [2.45, 2.75) is 33.0 Å². The minimum absolute atomic E-state index is 0.193. The third kappa shape index (κ3) is 0.695. The first-order valence-electron chi connectivity index (χ1n) is 4.43. The molecule has 0 aromatic rings. The summed E-state index contributed by atoms with van der Waals surface area (Å²) in [4.78, 5) is 0. The van der Waals surface area contributed by atoms with Crippen LogP contribution in [0.25, 0.3) is 0 Å². The second kappa shape index (κ2) is 1.99. The van der Waals surface area contributed by atoms with E-state index in [2.05, 4.69) is 20.8 Å². The van der Waals surface area contributed by atoms with Gasteiger partial charge in [0.15, 0.2) is 5.79 Å². The molecule has 1 saturated heterocycles. The molecule has 1 heterocycles. The van der Waals surface area contributed by atoms with Gasteiger partial charge in [-0.05, 0) is 6.42 Å². The number of hydrogen-bond acceptors (Lipinski definition) is 2. The van der Waals surface area contributed by atoms with Crippen LogP contribution in [0, 0.1) is 11.3 Å². The largest absolute Gasteiger partial charge is 0.347 e. The molecule has 1 spiro atoms. The van der Waals surface area contributed by atoms with Crippen molar-refractivity contribution in [2.24, 2.45) is 11.3 Å². The third-order valence-electron chi connectivity index (χ3n) is 3.27. The fourth-order valence-corrected chi connectivity index (χ4v) is 2.57. The summed E-state index contributed by atoms with van der Waals surface area (Å²) in [5.41, 5.74) is 0.248. The number of hydrogen-bond donors (Lipinski definition) is 0. The minimum atomic E-state index is -0.193. The first kappa shape index (κ1) is 7.56. The molecule has 2 rings (SSSR count). The van der Waals surface area contributed by atoms with Crippen LogP contribution < -0.4 is 0 Å². The molecular weight excluding hydrogens is 140 g/mol. The maximum absolute atomic E-state index is 5.65. The Kier molecular flexibility index (Phi) is 1.37. The zero-order chi connectivity index (χ0) is 8.11. The Hall–Kier alpha value is -0.0800. The van der Waals surface area contributed by atoms with Gasteiger partial charge in [-0.15, -0.1) is 0 Å². The quantitative estimate of drug-likeness (QED) is 0.576. The topological polar surface area (TPSA) is 18.5 Å². The number of rotatable bonds is 1. The van der Waals surface area contributed by atoms with Gasteiger partial charge in [0, 0.05) is 11.3 Å². The normalized spacial score (nSPS) is 37.9.